The number of hydrogen-bond donors (Lipinski definition) is 0. The maximum atomic E-state index is 13.2. The number of thioether (sulfide) groups is 1. The molecule has 0 bridgehead atoms. The molecule has 1 amide bonds. The summed E-state index contributed by atoms with van der Waals surface area (Å²) < 4.78 is 26.9. The van der Waals surface area contributed by atoms with Gasteiger partial charge in [0.05, 0.1) is 10.6 Å². The van der Waals surface area contributed by atoms with Crippen molar-refractivity contribution in [3.8, 4) is 0 Å². The lowest BCUT2D eigenvalue weighted by atomic mass is 10.1. The summed E-state index contributed by atoms with van der Waals surface area (Å²) in [6.07, 6.45) is 2.72. The fourth-order valence-electron chi connectivity index (χ4n) is 3.70. The largest absolute Gasteiger partial charge is 0.307 e. The Morgan fingerprint density at radius 3 is 2.39 bits per heavy atom. The summed E-state index contributed by atoms with van der Waals surface area (Å²) in [5, 5.41) is 0.437. The van der Waals surface area contributed by atoms with E-state index < -0.39 is 10.0 Å². The molecule has 1 saturated heterocycles. The van der Waals surface area contributed by atoms with Crippen molar-refractivity contribution in [2.75, 3.05) is 24.5 Å². The molecule has 7 heteroatoms. The van der Waals surface area contributed by atoms with Crippen molar-refractivity contribution in [1.29, 1.82) is 0 Å². The molecule has 0 aliphatic carbocycles. The fraction of sp³-hybridized carbons (Fsp3) is 0.381. The van der Waals surface area contributed by atoms with E-state index in [2.05, 4.69) is 6.92 Å². The second kappa shape index (κ2) is 7.89. The number of carbonyl (C=O) groups is 1. The smallest absolute Gasteiger partial charge is 0.258 e. The summed E-state index contributed by atoms with van der Waals surface area (Å²) in [6.45, 7) is 3.97. The van der Waals surface area contributed by atoms with Crippen molar-refractivity contribution in [2.45, 2.75) is 41.2 Å². The van der Waals surface area contributed by atoms with Crippen molar-refractivity contribution in [1.82, 2.24) is 4.31 Å². The van der Waals surface area contributed by atoms with Gasteiger partial charge in [0.1, 0.15) is 0 Å². The second-order valence-corrected chi connectivity index (χ2v) is 10.7. The van der Waals surface area contributed by atoms with Crippen molar-refractivity contribution >= 4 is 33.4 Å². The summed E-state index contributed by atoms with van der Waals surface area (Å²) in [5.74, 6) is -0.0905. The molecule has 2 heterocycles. The van der Waals surface area contributed by atoms with Crippen molar-refractivity contribution < 1.29 is 13.2 Å². The molecule has 148 valence electrons. The first-order valence-electron chi connectivity index (χ1n) is 9.64. The van der Waals surface area contributed by atoms with Crippen LogP contribution in [0.2, 0.25) is 0 Å². The Morgan fingerprint density at radius 1 is 1.00 bits per heavy atom. The number of sulfonamides is 1. The van der Waals surface area contributed by atoms with Crippen LogP contribution in [-0.2, 0) is 10.0 Å². The van der Waals surface area contributed by atoms with E-state index in [-0.39, 0.29) is 10.8 Å². The zero-order chi connectivity index (χ0) is 19.7. The van der Waals surface area contributed by atoms with Crippen LogP contribution < -0.4 is 4.90 Å². The zero-order valence-corrected chi connectivity index (χ0v) is 17.5. The molecule has 2 aliphatic rings. The van der Waals surface area contributed by atoms with E-state index in [1.807, 2.05) is 29.2 Å². The van der Waals surface area contributed by atoms with Gasteiger partial charge < -0.3 is 4.90 Å². The third kappa shape index (κ3) is 3.71. The van der Waals surface area contributed by atoms with E-state index in [4.69, 9.17) is 0 Å². The average Bonchev–Trinajstić information content (AvgIpc) is 3.19. The quantitative estimate of drug-likeness (QED) is 0.759. The highest BCUT2D eigenvalue weighted by atomic mass is 32.2. The van der Waals surface area contributed by atoms with Gasteiger partial charge in [0.25, 0.3) is 5.91 Å². The Hall–Kier alpha value is -1.83. The van der Waals surface area contributed by atoms with Crippen LogP contribution in [0.25, 0.3) is 0 Å². The Labute approximate surface area is 170 Å². The number of fused-ring (bicyclic) bond motifs is 1. The highest BCUT2D eigenvalue weighted by Gasteiger charge is 2.28. The molecule has 0 spiro atoms. The Bertz CT molecular complexity index is 967. The number of rotatable bonds is 3. The standard InChI is InChI=1S/C21H24N2O3S2/c1-16-12-15-23(19-6-2-3-7-20(19)27-16)21(24)17-8-10-18(11-9-17)28(25,26)22-13-4-5-14-22/h2-3,6-11,16H,4-5,12-15H2,1H3/t16-/m0/s1. The van der Waals surface area contributed by atoms with Crippen molar-refractivity contribution in [2.24, 2.45) is 0 Å². The number of amides is 1. The minimum absolute atomic E-state index is 0.0905. The number of carbonyl (C=O) groups excluding carboxylic acids is 1. The number of benzene rings is 2. The molecule has 0 N–H and O–H groups in total. The predicted molar refractivity (Wildman–Crippen MR) is 112 cm³/mol. The van der Waals surface area contributed by atoms with Gasteiger partial charge in [-0.05, 0) is 55.7 Å². The van der Waals surface area contributed by atoms with Crippen LogP contribution in [0.4, 0.5) is 5.69 Å². The van der Waals surface area contributed by atoms with Gasteiger partial charge in [-0.25, -0.2) is 8.42 Å². The first-order chi connectivity index (χ1) is 13.5. The summed E-state index contributed by atoms with van der Waals surface area (Å²) in [7, 11) is -3.46. The summed E-state index contributed by atoms with van der Waals surface area (Å²) in [5.41, 5.74) is 1.44. The molecule has 5 nitrogen and oxygen atoms in total. The molecule has 0 aromatic heterocycles. The molecule has 2 aliphatic heterocycles. The highest BCUT2D eigenvalue weighted by Crippen LogP contribution is 2.37. The van der Waals surface area contributed by atoms with Crippen LogP contribution in [-0.4, -0.2) is 43.5 Å². The molecule has 0 saturated carbocycles. The van der Waals surface area contributed by atoms with Crippen molar-refractivity contribution in [3.63, 3.8) is 0 Å². The van der Waals surface area contributed by atoms with Gasteiger partial charge in [-0.1, -0.05) is 19.1 Å². The minimum Gasteiger partial charge on any atom is -0.307 e. The van der Waals surface area contributed by atoms with Crippen LogP contribution >= 0.6 is 11.8 Å². The normalized spacial score (nSPS) is 20.6. The number of para-hydroxylation sites is 1. The van der Waals surface area contributed by atoms with Crippen molar-refractivity contribution in [3.05, 3.63) is 54.1 Å². The lowest BCUT2D eigenvalue weighted by Crippen LogP contribution is -2.32. The summed E-state index contributed by atoms with van der Waals surface area (Å²) in [4.78, 5) is 16.4. The van der Waals surface area contributed by atoms with Crippen LogP contribution in [0.5, 0.6) is 0 Å². The number of hydrogen-bond acceptors (Lipinski definition) is 4. The Morgan fingerprint density at radius 2 is 1.68 bits per heavy atom. The maximum absolute atomic E-state index is 13.2. The summed E-state index contributed by atoms with van der Waals surface area (Å²) in [6, 6.07) is 14.3. The first kappa shape index (κ1) is 19.5. The molecular weight excluding hydrogens is 392 g/mol. The van der Waals surface area contributed by atoms with E-state index in [1.54, 1.807) is 36.0 Å². The maximum Gasteiger partial charge on any atom is 0.258 e. The van der Waals surface area contributed by atoms with Gasteiger partial charge in [0.2, 0.25) is 10.0 Å². The predicted octanol–water partition coefficient (Wildman–Crippen LogP) is 4.00. The number of anilines is 1. The monoisotopic (exact) mass is 416 g/mol. The minimum atomic E-state index is -3.46. The zero-order valence-electron chi connectivity index (χ0n) is 15.9. The van der Waals surface area contributed by atoms with Gasteiger partial charge >= 0.3 is 0 Å². The van der Waals surface area contributed by atoms with Crippen LogP contribution in [0, 0.1) is 0 Å². The summed E-state index contributed by atoms with van der Waals surface area (Å²) >= 11 is 1.79. The third-order valence-corrected chi connectivity index (χ3v) is 8.44. The van der Waals surface area contributed by atoms with E-state index in [1.165, 1.54) is 4.31 Å². The van der Waals surface area contributed by atoms with Gasteiger partial charge in [-0.2, -0.15) is 4.31 Å². The average molecular weight is 417 g/mol. The van der Waals surface area contributed by atoms with Crippen LogP contribution in [0.3, 0.4) is 0 Å². The molecule has 1 atom stereocenters. The van der Waals surface area contributed by atoms with E-state index in [0.717, 1.165) is 29.8 Å². The van der Waals surface area contributed by atoms with Gasteiger partial charge in [-0.15, -0.1) is 11.8 Å². The molecule has 28 heavy (non-hydrogen) atoms. The van der Waals surface area contributed by atoms with E-state index in [9.17, 15) is 13.2 Å². The van der Waals surface area contributed by atoms with Gasteiger partial charge in [-0.3, -0.25) is 4.79 Å². The molecule has 4 rings (SSSR count). The fourth-order valence-corrected chi connectivity index (χ4v) is 6.33. The molecule has 2 aromatic rings. The van der Waals surface area contributed by atoms with Crippen LogP contribution in [0.15, 0.2) is 58.3 Å². The third-order valence-electron chi connectivity index (χ3n) is 5.29. The molecule has 0 radical (unpaired) electrons. The SMILES string of the molecule is C[C@H]1CCN(C(=O)c2ccc(S(=O)(=O)N3CCCC3)cc2)c2ccccc2S1. The Kier molecular flexibility index (Phi) is 5.49. The number of nitrogens with zero attached hydrogens (tertiary/aromatic N) is 2. The lowest BCUT2D eigenvalue weighted by molar-refractivity contribution is 0.0986. The molecular formula is C21H24N2O3S2. The Balaban J connectivity index is 1.60. The molecule has 0 unspecified atom stereocenters. The first-order valence-corrected chi connectivity index (χ1v) is 12.0. The highest BCUT2D eigenvalue weighted by molar-refractivity contribution is 8.00. The van der Waals surface area contributed by atoms with Gasteiger partial charge in [0.15, 0.2) is 0 Å². The molecule has 1 fully saturated rings. The lowest BCUT2D eigenvalue weighted by Gasteiger charge is -2.23. The van der Waals surface area contributed by atoms with Gasteiger partial charge in [0, 0.05) is 35.3 Å². The van der Waals surface area contributed by atoms with E-state index >= 15 is 0 Å². The second-order valence-electron chi connectivity index (χ2n) is 7.28. The molecule has 2 aromatic carbocycles. The van der Waals surface area contributed by atoms with Crippen LogP contribution in [0.1, 0.15) is 36.5 Å². The topological polar surface area (TPSA) is 57.7 Å². The van der Waals surface area contributed by atoms with E-state index in [0.29, 0.717) is 30.4 Å².